The van der Waals surface area contributed by atoms with Crippen LogP contribution in [0.2, 0.25) is 0 Å². The van der Waals surface area contributed by atoms with Crippen molar-refractivity contribution in [1.29, 1.82) is 0 Å². The van der Waals surface area contributed by atoms with E-state index in [0.29, 0.717) is 18.9 Å². The number of nitrogens with one attached hydrogen (secondary N) is 1. The van der Waals surface area contributed by atoms with Gasteiger partial charge in [-0.3, -0.25) is 10.2 Å². The first-order valence-corrected chi connectivity index (χ1v) is 6.01. The Balaban J connectivity index is 2.35. The Morgan fingerprint density at radius 1 is 1.53 bits per heavy atom. The first-order chi connectivity index (χ1) is 8.22. The lowest BCUT2D eigenvalue weighted by atomic mass is 10.2. The molecule has 92 valence electrons. The summed E-state index contributed by atoms with van der Waals surface area (Å²) in [5, 5.41) is 0. The van der Waals surface area contributed by atoms with Gasteiger partial charge in [0.2, 0.25) is 0 Å². The minimum absolute atomic E-state index is 0.331. The van der Waals surface area contributed by atoms with E-state index in [1.165, 1.54) is 0 Å². The van der Waals surface area contributed by atoms with Crippen molar-refractivity contribution in [2.24, 2.45) is 5.84 Å². The zero-order valence-corrected chi connectivity index (χ0v) is 10.7. The van der Waals surface area contributed by atoms with Gasteiger partial charge in [0, 0.05) is 23.8 Å². The van der Waals surface area contributed by atoms with Crippen molar-refractivity contribution in [2.45, 2.75) is 0 Å². The number of carbonyl (C=O) groups excluding carboxylic acids is 1. The van der Waals surface area contributed by atoms with Crippen LogP contribution in [0.5, 0.6) is 0 Å². The van der Waals surface area contributed by atoms with E-state index < -0.39 is 0 Å². The number of ether oxygens (including phenoxy) is 1. The largest absolute Gasteiger partial charge is 0.378 e. The van der Waals surface area contributed by atoms with Crippen molar-refractivity contribution < 1.29 is 9.53 Å². The zero-order chi connectivity index (χ0) is 12.3. The molecule has 1 fully saturated rings. The van der Waals surface area contributed by atoms with Crippen LogP contribution in [0.15, 0.2) is 16.7 Å². The molecule has 1 aromatic heterocycles. The number of aromatic nitrogens is 1. The van der Waals surface area contributed by atoms with Gasteiger partial charge in [-0.15, -0.1) is 0 Å². The van der Waals surface area contributed by atoms with E-state index in [9.17, 15) is 4.79 Å². The molecule has 0 bridgehead atoms. The zero-order valence-electron chi connectivity index (χ0n) is 9.15. The highest BCUT2D eigenvalue weighted by Crippen LogP contribution is 2.23. The second-order valence-electron chi connectivity index (χ2n) is 3.59. The lowest BCUT2D eigenvalue weighted by Crippen LogP contribution is -2.39. The third-order valence-electron chi connectivity index (χ3n) is 2.53. The van der Waals surface area contributed by atoms with Gasteiger partial charge in [0.25, 0.3) is 5.91 Å². The van der Waals surface area contributed by atoms with Crippen molar-refractivity contribution in [3.8, 4) is 0 Å². The number of nitrogens with zero attached hydrogens (tertiary/aromatic N) is 2. The maximum Gasteiger partial charge on any atom is 0.285 e. The summed E-state index contributed by atoms with van der Waals surface area (Å²) in [7, 11) is 0. The molecule has 6 nitrogen and oxygen atoms in total. The predicted octanol–water partition coefficient (Wildman–Crippen LogP) is 0.284. The molecular weight excluding hydrogens is 288 g/mol. The van der Waals surface area contributed by atoms with Crippen molar-refractivity contribution in [2.75, 3.05) is 31.2 Å². The van der Waals surface area contributed by atoms with E-state index in [2.05, 4.69) is 31.2 Å². The number of halogens is 1. The quantitative estimate of drug-likeness (QED) is 0.466. The Hall–Kier alpha value is -1.18. The van der Waals surface area contributed by atoms with Crippen LogP contribution in [-0.2, 0) is 4.74 Å². The van der Waals surface area contributed by atoms with Gasteiger partial charge >= 0.3 is 0 Å². The smallest absolute Gasteiger partial charge is 0.285 e. The number of hydrogen-bond acceptors (Lipinski definition) is 5. The molecule has 0 saturated carbocycles. The number of rotatable bonds is 2. The lowest BCUT2D eigenvalue weighted by molar-refractivity contribution is 0.0947. The van der Waals surface area contributed by atoms with Crippen LogP contribution in [0.25, 0.3) is 0 Å². The standard InChI is InChI=1S/C10H13BrN4O2/c11-7-5-8(15-1-3-17-4-2-15)9(13-6-7)10(16)14-12/h5-6H,1-4,12H2,(H,14,16). The summed E-state index contributed by atoms with van der Waals surface area (Å²) in [5.41, 5.74) is 3.21. The fraction of sp³-hybridized carbons (Fsp3) is 0.400. The number of nitrogens with two attached hydrogens (primary N) is 1. The first-order valence-electron chi connectivity index (χ1n) is 5.21. The van der Waals surface area contributed by atoms with Gasteiger partial charge in [0.05, 0.1) is 18.9 Å². The molecule has 0 aliphatic carbocycles. The Labute approximate surface area is 107 Å². The van der Waals surface area contributed by atoms with Crippen LogP contribution in [0, 0.1) is 0 Å². The van der Waals surface area contributed by atoms with E-state index >= 15 is 0 Å². The van der Waals surface area contributed by atoms with Crippen LogP contribution in [-0.4, -0.2) is 37.2 Å². The normalized spacial score (nSPS) is 15.8. The van der Waals surface area contributed by atoms with Crippen LogP contribution >= 0.6 is 15.9 Å². The summed E-state index contributed by atoms with van der Waals surface area (Å²) in [5.74, 6) is 4.76. The average molecular weight is 301 g/mol. The molecule has 0 aromatic carbocycles. The molecule has 7 heteroatoms. The molecule has 2 rings (SSSR count). The van der Waals surface area contributed by atoms with Gasteiger partial charge in [0.15, 0.2) is 5.69 Å². The number of pyridine rings is 1. The van der Waals surface area contributed by atoms with Crippen molar-refractivity contribution >= 4 is 27.5 Å². The molecule has 1 aliphatic rings. The van der Waals surface area contributed by atoms with E-state index in [4.69, 9.17) is 10.6 Å². The molecule has 1 aromatic rings. The molecule has 1 aliphatic heterocycles. The molecule has 0 atom stereocenters. The third-order valence-corrected chi connectivity index (χ3v) is 2.97. The van der Waals surface area contributed by atoms with E-state index in [-0.39, 0.29) is 5.91 Å². The maximum atomic E-state index is 11.6. The molecule has 1 saturated heterocycles. The molecule has 0 unspecified atom stereocenters. The minimum atomic E-state index is -0.390. The Bertz CT molecular complexity index is 421. The third kappa shape index (κ3) is 2.74. The fourth-order valence-electron chi connectivity index (χ4n) is 1.72. The van der Waals surface area contributed by atoms with Crippen LogP contribution in [0.1, 0.15) is 10.5 Å². The Morgan fingerprint density at radius 2 is 2.24 bits per heavy atom. The monoisotopic (exact) mass is 300 g/mol. The van der Waals surface area contributed by atoms with Crippen molar-refractivity contribution in [3.63, 3.8) is 0 Å². The average Bonchev–Trinajstić information content (AvgIpc) is 2.39. The Morgan fingerprint density at radius 3 is 2.88 bits per heavy atom. The second-order valence-corrected chi connectivity index (χ2v) is 4.51. The Kier molecular flexibility index (Phi) is 3.93. The van der Waals surface area contributed by atoms with Gasteiger partial charge in [-0.05, 0) is 22.0 Å². The highest BCUT2D eigenvalue weighted by Gasteiger charge is 2.19. The minimum Gasteiger partial charge on any atom is -0.378 e. The van der Waals surface area contributed by atoms with Crippen molar-refractivity contribution in [1.82, 2.24) is 10.4 Å². The maximum absolute atomic E-state index is 11.6. The van der Waals surface area contributed by atoms with E-state index in [1.54, 1.807) is 6.20 Å². The number of carbonyl (C=O) groups is 1. The highest BCUT2D eigenvalue weighted by molar-refractivity contribution is 9.10. The summed E-state index contributed by atoms with van der Waals surface area (Å²) in [6.07, 6.45) is 1.58. The van der Waals surface area contributed by atoms with Gasteiger partial charge in [-0.2, -0.15) is 0 Å². The summed E-state index contributed by atoms with van der Waals surface area (Å²) in [6.45, 7) is 2.78. The van der Waals surface area contributed by atoms with Crippen LogP contribution in [0.4, 0.5) is 5.69 Å². The first kappa shape index (κ1) is 12.3. The number of nitrogen functional groups attached to an aromatic ring is 1. The highest BCUT2D eigenvalue weighted by atomic mass is 79.9. The number of hydrazine groups is 1. The van der Waals surface area contributed by atoms with Gasteiger partial charge < -0.3 is 9.64 Å². The summed E-state index contributed by atoms with van der Waals surface area (Å²) >= 11 is 3.35. The fourth-order valence-corrected chi connectivity index (χ4v) is 2.04. The number of anilines is 1. The summed E-state index contributed by atoms with van der Waals surface area (Å²) in [4.78, 5) is 17.8. The van der Waals surface area contributed by atoms with Crippen LogP contribution < -0.4 is 16.2 Å². The predicted molar refractivity (Wildman–Crippen MR) is 66.6 cm³/mol. The molecule has 3 N–H and O–H groups in total. The SMILES string of the molecule is NNC(=O)c1ncc(Br)cc1N1CCOCC1. The van der Waals surface area contributed by atoms with Crippen molar-refractivity contribution in [3.05, 3.63) is 22.4 Å². The van der Waals surface area contributed by atoms with Gasteiger partial charge in [0.1, 0.15) is 0 Å². The van der Waals surface area contributed by atoms with E-state index in [0.717, 1.165) is 23.2 Å². The number of amides is 1. The number of morpholine rings is 1. The van der Waals surface area contributed by atoms with Gasteiger partial charge in [-0.25, -0.2) is 10.8 Å². The molecule has 0 spiro atoms. The summed E-state index contributed by atoms with van der Waals surface area (Å²) in [6, 6.07) is 1.86. The van der Waals surface area contributed by atoms with Crippen LogP contribution in [0.3, 0.4) is 0 Å². The molecular formula is C10H13BrN4O2. The topological polar surface area (TPSA) is 80.5 Å². The molecule has 17 heavy (non-hydrogen) atoms. The molecule has 1 amide bonds. The number of hydrogen-bond donors (Lipinski definition) is 2. The lowest BCUT2D eigenvalue weighted by Gasteiger charge is -2.29. The summed E-state index contributed by atoms with van der Waals surface area (Å²) < 4.78 is 6.11. The second kappa shape index (κ2) is 5.44. The molecule has 0 radical (unpaired) electrons. The van der Waals surface area contributed by atoms with Gasteiger partial charge in [-0.1, -0.05) is 0 Å². The molecule has 2 heterocycles. The van der Waals surface area contributed by atoms with E-state index in [1.807, 2.05) is 6.07 Å².